The van der Waals surface area contributed by atoms with Crippen LogP contribution in [-0.2, 0) is 4.79 Å². The average molecular weight is 410 g/mol. The Hall–Kier alpha value is -0.290. The number of rotatable bonds is 8. The Morgan fingerprint density at radius 1 is 1.23 bits per heavy atom. The van der Waals surface area contributed by atoms with E-state index in [1.807, 2.05) is 12.3 Å². The number of halogens is 1. The fourth-order valence-electron chi connectivity index (χ4n) is 2.37. The quantitative estimate of drug-likeness (QED) is 0.477. The Balaban J connectivity index is 0.00000441. The number of hydrogen-bond donors (Lipinski definition) is 2. The first-order valence-electron chi connectivity index (χ1n) is 7.30. The monoisotopic (exact) mass is 409 g/mol. The van der Waals surface area contributed by atoms with Crippen LogP contribution >= 0.6 is 18.6 Å². The topological polar surface area (TPSA) is 66.4 Å². The first kappa shape index (κ1) is 21.7. The second-order valence-corrected chi connectivity index (χ2v) is 11.0. The number of nitrogens with one attached hydrogen (secondary N) is 1. The first-order valence-corrected chi connectivity index (χ1v) is 10.7. The molecule has 4 nitrogen and oxygen atoms in total. The van der Waals surface area contributed by atoms with E-state index in [9.17, 15) is 9.59 Å². The van der Waals surface area contributed by atoms with Crippen molar-refractivity contribution < 1.29 is 31.7 Å². The number of Topliss-reactive ketones (excluding diaryl/α,β-unsaturated/α-hetero) is 1. The Morgan fingerprint density at radius 3 is 2.23 bits per heavy atom. The van der Waals surface area contributed by atoms with Crippen LogP contribution in [0.2, 0.25) is 0 Å². The van der Waals surface area contributed by atoms with E-state index in [0.717, 1.165) is 24.0 Å². The van der Waals surface area contributed by atoms with Crippen LogP contribution in [-0.4, -0.2) is 48.1 Å². The minimum atomic E-state index is -1.22. The minimum absolute atomic E-state index is 0. The third-order valence-corrected chi connectivity index (χ3v) is 10.2. The van der Waals surface area contributed by atoms with Crippen molar-refractivity contribution >= 4 is 36.0 Å². The van der Waals surface area contributed by atoms with Crippen LogP contribution < -0.4 is 22.3 Å². The largest absolute Gasteiger partial charge is 1.00 e. The lowest BCUT2D eigenvalue weighted by atomic mass is 10.2. The smallest absolute Gasteiger partial charge is 0.261 e. The second kappa shape index (κ2) is 9.76. The van der Waals surface area contributed by atoms with Crippen molar-refractivity contribution in [1.82, 2.24) is 0 Å². The molecule has 0 aliphatic heterocycles. The summed E-state index contributed by atoms with van der Waals surface area (Å²) in [5, 5.41) is 13.7. The predicted octanol–water partition coefficient (Wildman–Crippen LogP) is 0.251. The molecule has 0 unspecified atom stereocenters. The molecule has 0 aliphatic carbocycles. The van der Waals surface area contributed by atoms with Gasteiger partial charge in [0.2, 0.25) is 0 Å². The van der Waals surface area contributed by atoms with Crippen LogP contribution in [0, 0.1) is 6.92 Å². The van der Waals surface area contributed by atoms with E-state index in [1.54, 1.807) is 0 Å². The molecule has 0 saturated carbocycles. The van der Waals surface area contributed by atoms with Gasteiger partial charge in [-0.05, 0) is 38.6 Å². The number of carbonyl (C=O) groups excluding carboxylic acids is 2. The van der Waals surface area contributed by atoms with Crippen molar-refractivity contribution in [3.05, 3.63) is 15.8 Å². The van der Waals surface area contributed by atoms with Gasteiger partial charge in [0.1, 0.15) is 12.8 Å². The van der Waals surface area contributed by atoms with E-state index in [4.69, 9.17) is 5.11 Å². The van der Waals surface area contributed by atoms with Gasteiger partial charge in [-0.15, -0.1) is 11.3 Å². The first-order chi connectivity index (χ1) is 9.92. The van der Waals surface area contributed by atoms with Crippen molar-refractivity contribution in [1.29, 1.82) is 0 Å². The average Bonchev–Trinajstić information content (AvgIpc) is 2.85. The second-order valence-electron chi connectivity index (χ2n) is 5.20. The van der Waals surface area contributed by atoms with Crippen LogP contribution in [0.5, 0.6) is 0 Å². The molecule has 0 radical (unpaired) electrons. The molecule has 2 N–H and O–H groups in total. The number of carbonyl (C=O) groups is 2. The summed E-state index contributed by atoms with van der Waals surface area (Å²) in [6.07, 6.45) is 3.77. The predicted molar refractivity (Wildman–Crippen MR) is 92.5 cm³/mol. The molecule has 1 amide bonds. The highest BCUT2D eigenvalue weighted by Crippen LogP contribution is 2.57. The third-order valence-electron chi connectivity index (χ3n) is 4.13. The van der Waals surface area contributed by atoms with Gasteiger partial charge in [0, 0.05) is 7.26 Å². The number of aryl methyl sites for hydroxylation is 1. The van der Waals surface area contributed by atoms with Crippen LogP contribution in [0.15, 0.2) is 5.38 Å². The molecule has 0 fully saturated rings. The molecule has 0 aliphatic rings. The Kier molecular flexibility index (Phi) is 9.63. The van der Waals surface area contributed by atoms with Crippen molar-refractivity contribution in [3.63, 3.8) is 0 Å². The highest BCUT2D eigenvalue weighted by Gasteiger charge is 2.34. The molecule has 1 rings (SSSR count). The number of aliphatic hydroxyl groups is 1. The van der Waals surface area contributed by atoms with Gasteiger partial charge in [-0.25, -0.2) is 0 Å². The molecule has 0 saturated heterocycles. The summed E-state index contributed by atoms with van der Waals surface area (Å²) < 4.78 is 0. The number of amides is 1. The lowest BCUT2D eigenvalue weighted by Gasteiger charge is -2.22. The van der Waals surface area contributed by atoms with Gasteiger partial charge < -0.3 is 27.4 Å². The molecule has 1 aromatic rings. The van der Waals surface area contributed by atoms with Crippen LogP contribution in [0.25, 0.3) is 0 Å². The Bertz CT molecular complexity index is 507. The summed E-state index contributed by atoms with van der Waals surface area (Å²) in [6, 6.07) is 0. The van der Waals surface area contributed by atoms with E-state index in [-0.39, 0.29) is 28.7 Å². The van der Waals surface area contributed by atoms with Crippen molar-refractivity contribution in [2.45, 2.75) is 27.7 Å². The molecule has 0 bridgehead atoms. The zero-order valence-electron chi connectivity index (χ0n) is 13.6. The standard InChI is InChI=1S/C15H24NO3PS.BrH/c1-5-20(6-2,7-3)9-13(19)16-14-11(4)10-21-15(14)12(18)8-17;/h10,17H,5-9H2,1-4H3;1H. The van der Waals surface area contributed by atoms with Gasteiger partial charge in [0.05, 0.1) is 29.1 Å². The lowest BCUT2D eigenvalue weighted by molar-refractivity contribution is -0.113. The summed E-state index contributed by atoms with van der Waals surface area (Å²) in [5.74, 6) is -0.353. The van der Waals surface area contributed by atoms with Gasteiger partial charge >= 0.3 is 0 Å². The normalized spacial score (nSPS) is 11.0. The minimum Gasteiger partial charge on any atom is -1.00 e. The van der Waals surface area contributed by atoms with Crippen LogP contribution in [0.1, 0.15) is 36.0 Å². The van der Waals surface area contributed by atoms with E-state index in [2.05, 4.69) is 26.1 Å². The maximum atomic E-state index is 12.4. The molecular weight excluding hydrogens is 385 g/mol. The molecule has 0 atom stereocenters. The molecule has 1 aromatic heterocycles. The van der Waals surface area contributed by atoms with Crippen molar-refractivity contribution in [3.8, 4) is 0 Å². The third kappa shape index (κ3) is 5.12. The number of ketones is 1. The number of anilines is 1. The maximum absolute atomic E-state index is 12.4. The van der Waals surface area contributed by atoms with Crippen LogP contribution in [0.3, 0.4) is 0 Å². The van der Waals surface area contributed by atoms with Gasteiger partial charge in [-0.2, -0.15) is 0 Å². The molecule has 0 aromatic carbocycles. The summed E-state index contributed by atoms with van der Waals surface area (Å²) in [7, 11) is -1.22. The highest BCUT2D eigenvalue weighted by atomic mass is 79.9. The van der Waals surface area contributed by atoms with E-state index < -0.39 is 13.9 Å². The summed E-state index contributed by atoms with van der Waals surface area (Å²) >= 11 is 1.27. The Labute approximate surface area is 147 Å². The maximum Gasteiger partial charge on any atom is 0.261 e. The fraction of sp³-hybridized carbons (Fsp3) is 0.600. The molecule has 7 heteroatoms. The molecule has 0 spiro atoms. The molecule has 22 heavy (non-hydrogen) atoms. The highest BCUT2D eigenvalue weighted by molar-refractivity contribution is 7.76. The van der Waals surface area contributed by atoms with E-state index in [1.165, 1.54) is 11.3 Å². The van der Waals surface area contributed by atoms with E-state index >= 15 is 0 Å². The van der Waals surface area contributed by atoms with Gasteiger partial charge in [0.15, 0.2) is 5.78 Å². The van der Waals surface area contributed by atoms with Crippen molar-refractivity contribution in [2.24, 2.45) is 0 Å². The van der Waals surface area contributed by atoms with Gasteiger partial charge in [0.25, 0.3) is 5.91 Å². The molecule has 126 valence electrons. The molecular formula is C15H25BrNO3PS. The number of thiophene rings is 1. The zero-order chi connectivity index (χ0) is 16.0. The summed E-state index contributed by atoms with van der Waals surface area (Å²) in [6.45, 7) is 7.81. The SMILES string of the molecule is CC[P+](CC)(CC)CC(=O)Nc1c(C)csc1C(=O)CO.[Br-]. The lowest BCUT2D eigenvalue weighted by Crippen LogP contribution is -3.00. The number of hydrogen-bond acceptors (Lipinski definition) is 4. The van der Waals surface area contributed by atoms with E-state index in [0.29, 0.717) is 16.7 Å². The summed E-state index contributed by atoms with van der Waals surface area (Å²) in [5.41, 5.74) is 1.45. The summed E-state index contributed by atoms with van der Waals surface area (Å²) in [4.78, 5) is 24.5. The Morgan fingerprint density at radius 2 is 1.77 bits per heavy atom. The van der Waals surface area contributed by atoms with Crippen LogP contribution in [0.4, 0.5) is 5.69 Å². The fourth-order valence-corrected chi connectivity index (χ4v) is 6.01. The zero-order valence-corrected chi connectivity index (χ0v) is 16.9. The number of aliphatic hydroxyl groups excluding tert-OH is 1. The van der Waals surface area contributed by atoms with Gasteiger partial charge in [-0.1, -0.05) is 0 Å². The van der Waals surface area contributed by atoms with Gasteiger partial charge in [-0.3, -0.25) is 9.59 Å². The molecule has 1 heterocycles. The van der Waals surface area contributed by atoms with Crippen molar-refractivity contribution in [2.75, 3.05) is 36.6 Å².